The zero-order chi connectivity index (χ0) is 67.3. The minimum absolute atomic E-state index is 0.245. The van der Waals surface area contributed by atoms with E-state index in [0.717, 1.165) is 44.9 Å². The van der Waals surface area contributed by atoms with Gasteiger partial charge in [0.25, 0.3) is 0 Å². The van der Waals surface area contributed by atoms with Crippen LogP contribution in [0.5, 0.6) is 0 Å². The van der Waals surface area contributed by atoms with Gasteiger partial charge in [0.15, 0.2) is 12.6 Å². The number of ether oxygens (including phenoxy) is 4. The summed E-state index contributed by atoms with van der Waals surface area (Å²) in [7, 11) is 0. The third kappa shape index (κ3) is 47.0. The number of carbonyl (C=O) groups is 1. The maximum absolute atomic E-state index is 13.4. The quantitative estimate of drug-likeness (QED) is 0.0204. The molecule has 0 radical (unpaired) electrons. The molecule has 0 bridgehead atoms. The van der Waals surface area contributed by atoms with Crippen molar-refractivity contribution in [3.63, 3.8) is 0 Å². The van der Waals surface area contributed by atoms with Gasteiger partial charge in [-0.05, 0) is 44.9 Å². The van der Waals surface area contributed by atoms with Gasteiger partial charge in [-0.1, -0.05) is 352 Å². The zero-order valence-electron chi connectivity index (χ0n) is 60.0. The van der Waals surface area contributed by atoms with E-state index in [1.165, 1.54) is 289 Å². The molecule has 0 spiro atoms. The molecule has 14 heteroatoms. The lowest BCUT2D eigenvalue weighted by molar-refractivity contribution is -0.359. The molecule has 1 amide bonds. The standard InChI is InChI=1S/C79H149NO13/c1-3-5-7-9-11-13-15-17-19-21-23-25-27-29-31-33-34-35-37-39-41-43-45-47-49-51-53-55-57-59-61-63-71(84)80-67(66-90-78-76(89)74(87)77(70(65-82)92-78)93-79-75(88)73(86)72(85)69(64-81)91-79)68(83)62-60-58-56-54-52-50-48-46-44-42-40-38-36-32-30-28-26-24-22-20-18-16-14-12-10-8-6-4-2/h44,46,52,54,60,62,67-70,72-79,81-83,85-89H,3-43,45,47-51,53,55-59,61,63-66H2,1-2H3,(H,80,84)/b46-44+,54-52+,62-60+. The fourth-order valence-corrected chi connectivity index (χ4v) is 13.3. The van der Waals surface area contributed by atoms with Crippen LogP contribution in [0, 0.1) is 0 Å². The highest BCUT2D eigenvalue weighted by atomic mass is 16.7. The Morgan fingerprint density at radius 1 is 0.376 bits per heavy atom. The third-order valence-electron chi connectivity index (χ3n) is 19.6. The van der Waals surface area contributed by atoms with Gasteiger partial charge in [-0.15, -0.1) is 0 Å². The molecule has 0 aromatic rings. The summed E-state index contributed by atoms with van der Waals surface area (Å²) in [5, 5.41) is 87.6. The summed E-state index contributed by atoms with van der Waals surface area (Å²) in [6.45, 7) is 2.84. The van der Waals surface area contributed by atoms with Gasteiger partial charge in [0.2, 0.25) is 5.91 Å². The van der Waals surface area contributed by atoms with Crippen molar-refractivity contribution in [2.45, 2.75) is 441 Å². The lowest BCUT2D eigenvalue weighted by atomic mass is 9.97. The first kappa shape index (κ1) is 87.3. The largest absolute Gasteiger partial charge is 0.394 e. The maximum atomic E-state index is 13.4. The van der Waals surface area contributed by atoms with Gasteiger partial charge in [0.05, 0.1) is 32.0 Å². The van der Waals surface area contributed by atoms with Crippen LogP contribution in [-0.2, 0) is 23.7 Å². The average Bonchev–Trinajstić information content (AvgIpc) is 0.846. The third-order valence-corrected chi connectivity index (χ3v) is 19.6. The van der Waals surface area contributed by atoms with Crippen molar-refractivity contribution in [2.75, 3.05) is 19.8 Å². The predicted molar refractivity (Wildman–Crippen MR) is 383 cm³/mol. The number of hydrogen-bond acceptors (Lipinski definition) is 13. The Morgan fingerprint density at radius 2 is 0.688 bits per heavy atom. The molecular weight excluding hydrogens is 1170 g/mol. The highest BCUT2D eigenvalue weighted by Crippen LogP contribution is 2.30. The minimum atomic E-state index is -1.79. The number of aliphatic hydroxyl groups excluding tert-OH is 8. The molecule has 2 aliphatic heterocycles. The summed E-state index contributed by atoms with van der Waals surface area (Å²) in [6.07, 6.45) is 66.7. The lowest BCUT2D eigenvalue weighted by Crippen LogP contribution is -2.65. The molecule has 2 fully saturated rings. The molecule has 12 atom stereocenters. The Hall–Kier alpha value is -1.79. The van der Waals surface area contributed by atoms with E-state index < -0.39 is 86.8 Å². The number of hydrogen-bond donors (Lipinski definition) is 9. The van der Waals surface area contributed by atoms with Crippen molar-refractivity contribution in [3.05, 3.63) is 36.5 Å². The van der Waals surface area contributed by atoms with Gasteiger partial charge in [-0.25, -0.2) is 0 Å². The SMILES string of the molecule is CCCCCCCCCCCCCCCCCCCC/C=C/CC/C=C/CC/C=C/C(O)C(COC1OC(CO)C(OC2OC(CO)C(O)C(O)C2O)C(O)C1O)NC(=O)CCCCCCCCCCCCCCCCCCCCCCCCCCCCCCCCC. The van der Waals surface area contributed by atoms with Crippen molar-refractivity contribution in [1.82, 2.24) is 5.32 Å². The van der Waals surface area contributed by atoms with E-state index in [-0.39, 0.29) is 18.9 Å². The van der Waals surface area contributed by atoms with Crippen molar-refractivity contribution in [1.29, 1.82) is 0 Å². The Labute approximate surface area is 570 Å². The summed E-state index contributed by atoms with van der Waals surface area (Å²) in [5.74, 6) is -0.245. The van der Waals surface area contributed by atoms with Gasteiger partial charge < -0.3 is 65.1 Å². The van der Waals surface area contributed by atoms with Gasteiger partial charge in [-0.2, -0.15) is 0 Å². The van der Waals surface area contributed by atoms with E-state index >= 15 is 0 Å². The van der Waals surface area contributed by atoms with Crippen LogP contribution in [0.25, 0.3) is 0 Å². The summed E-state index contributed by atoms with van der Waals surface area (Å²) < 4.78 is 22.9. The van der Waals surface area contributed by atoms with Gasteiger partial charge in [0, 0.05) is 6.42 Å². The summed E-state index contributed by atoms with van der Waals surface area (Å²) in [4.78, 5) is 13.4. The summed E-state index contributed by atoms with van der Waals surface area (Å²) >= 11 is 0. The highest BCUT2D eigenvalue weighted by Gasteiger charge is 2.51. The fourth-order valence-electron chi connectivity index (χ4n) is 13.3. The van der Waals surface area contributed by atoms with Crippen LogP contribution in [0.2, 0.25) is 0 Å². The molecule has 9 N–H and O–H groups in total. The number of allylic oxidation sites excluding steroid dienone is 5. The molecule has 548 valence electrons. The van der Waals surface area contributed by atoms with Crippen molar-refractivity contribution in [2.24, 2.45) is 0 Å². The monoisotopic (exact) mass is 1320 g/mol. The van der Waals surface area contributed by atoms with Crippen molar-refractivity contribution >= 4 is 5.91 Å². The predicted octanol–water partition coefficient (Wildman–Crippen LogP) is 17.6. The van der Waals surface area contributed by atoms with E-state index in [2.05, 4.69) is 43.5 Å². The highest BCUT2D eigenvalue weighted by molar-refractivity contribution is 5.76. The van der Waals surface area contributed by atoms with E-state index in [0.29, 0.717) is 12.8 Å². The van der Waals surface area contributed by atoms with Crippen LogP contribution in [-0.4, -0.2) is 140 Å². The topological polar surface area (TPSA) is 228 Å². The zero-order valence-corrected chi connectivity index (χ0v) is 60.0. The average molecular weight is 1320 g/mol. The Kier molecular flexibility index (Phi) is 59.7. The first-order valence-corrected chi connectivity index (χ1v) is 39.7. The first-order chi connectivity index (χ1) is 45.6. The smallest absolute Gasteiger partial charge is 0.220 e. The van der Waals surface area contributed by atoms with E-state index in [9.17, 15) is 45.6 Å². The number of unbranched alkanes of at least 4 members (excludes halogenated alkanes) is 50. The van der Waals surface area contributed by atoms with Crippen LogP contribution in [0.4, 0.5) is 0 Å². The molecule has 0 aliphatic carbocycles. The Balaban J connectivity index is 1.64. The number of carbonyl (C=O) groups excluding carboxylic acids is 1. The fraction of sp³-hybridized carbons (Fsp3) is 0.911. The Bertz CT molecular complexity index is 1700. The molecule has 0 aromatic carbocycles. The van der Waals surface area contributed by atoms with Crippen LogP contribution < -0.4 is 5.32 Å². The number of aliphatic hydroxyl groups is 8. The Morgan fingerprint density at radius 3 is 1.05 bits per heavy atom. The normalized spacial score (nSPS) is 22.7. The molecule has 12 unspecified atom stereocenters. The number of nitrogens with one attached hydrogen (secondary N) is 1. The van der Waals surface area contributed by atoms with E-state index in [4.69, 9.17) is 18.9 Å². The van der Waals surface area contributed by atoms with Crippen molar-refractivity contribution < 1.29 is 64.6 Å². The van der Waals surface area contributed by atoms with Crippen LogP contribution >= 0.6 is 0 Å². The van der Waals surface area contributed by atoms with Gasteiger partial charge >= 0.3 is 0 Å². The van der Waals surface area contributed by atoms with Crippen LogP contribution in [0.3, 0.4) is 0 Å². The molecular formula is C79H149NO13. The molecule has 93 heavy (non-hydrogen) atoms. The minimum Gasteiger partial charge on any atom is -0.394 e. The molecule has 2 saturated heterocycles. The number of amides is 1. The molecule has 0 aromatic heterocycles. The van der Waals surface area contributed by atoms with Gasteiger partial charge in [0.1, 0.15) is 48.8 Å². The second-order valence-corrected chi connectivity index (χ2v) is 28.2. The van der Waals surface area contributed by atoms with E-state index in [1.807, 2.05) is 6.08 Å². The van der Waals surface area contributed by atoms with Gasteiger partial charge in [-0.3, -0.25) is 4.79 Å². The van der Waals surface area contributed by atoms with E-state index in [1.54, 1.807) is 6.08 Å². The molecule has 14 nitrogen and oxygen atoms in total. The molecule has 2 rings (SSSR count). The molecule has 2 heterocycles. The summed E-state index contributed by atoms with van der Waals surface area (Å²) in [6, 6.07) is -0.938. The van der Waals surface area contributed by atoms with Crippen LogP contribution in [0.15, 0.2) is 36.5 Å². The molecule has 2 aliphatic rings. The lowest BCUT2D eigenvalue weighted by Gasteiger charge is -2.46. The molecule has 0 saturated carbocycles. The second-order valence-electron chi connectivity index (χ2n) is 28.2. The number of rotatable bonds is 67. The summed E-state index contributed by atoms with van der Waals surface area (Å²) in [5.41, 5.74) is 0. The second kappa shape index (κ2) is 63.6. The van der Waals surface area contributed by atoms with Crippen molar-refractivity contribution in [3.8, 4) is 0 Å². The maximum Gasteiger partial charge on any atom is 0.220 e. The first-order valence-electron chi connectivity index (χ1n) is 39.7. The van der Waals surface area contributed by atoms with Crippen LogP contribution in [0.1, 0.15) is 367 Å².